The summed E-state index contributed by atoms with van der Waals surface area (Å²) in [6.45, 7) is 6.51. The van der Waals surface area contributed by atoms with Gasteiger partial charge in [0.15, 0.2) is 0 Å². The first kappa shape index (κ1) is 17.0. The Morgan fingerprint density at radius 3 is 2.19 bits per heavy atom. The van der Waals surface area contributed by atoms with E-state index in [0.717, 1.165) is 18.6 Å². The molecule has 114 valence electrons. The highest BCUT2D eigenvalue weighted by molar-refractivity contribution is 5.97. The predicted molar refractivity (Wildman–Crippen MR) is 84.1 cm³/mol. The maximum atomic E-state index is 12.5. The van der Waals surface area contributed by atoms with Crippen LogP contribution in [0.3, 0.4) is 0 Å². The lowest BCUT2D eigenvalue weighted by Gasteiger charge is -2.24. The highest BCUT2D eigenvalue weighted by Crippen LogP contribution is 2.31. The van der Waals surface area contributed by atoms with Gasteiger partial charge in [-0.3, -0.25) is 4.79 Å². The molecular weight excluding hydrogens is 264 g/mol. The minimum atomic E-state index is -0.928. The van der Waals surface area contributed by atoms with Crippen molar-refractivity contribution in [3.63, 3.8) is 0 Å². The van der Waals surface area contributed by atoms with Crippen LogP contribution in [0.15, 0.2) is 24.3 Å². The van der Waals surface area contributed by atoms with Gasteiger partial charge in [-0.25, -0.2) is 0 Å². The number of amides is 1. The summed E-state index contributed by atoms with van der Waals surface area (Å²) in [5, 5.41) is 12.3. The van der Waals surface area contributed by atoms with Crippen molar-refractivity contribution in [2.75, 3.05) is 11.9 Å². The van der Waals surface area contributed by atoms with Crippen molar-refractivity contribution in [2.24, 2.45) is 5.41 Å². The Hall–Kier alpha value is -2.02. The predicted octanol–water partition coefficient (Wildman–Crippen LogP) is 4.13. The number of nitrogens with one attached hydrogen (secondary N) is 1. The number of anilines is 1. The molecule has 0 radical (unpaired) electrons. The molecule has 0 unspecified atom stereocenters. The van der Waals surface area contributed by atoms with Gasteiger partial charge in [-0.05, 0) is 44.0 Å². The Labute approximate surface area is 127 Å². The van der Waals surface area contributed by atoms with Crippen LogP contribution in [-0.4, -0.2) is 12.5 Å². The average Bonchev–Trinajstić information content (AvgIpc) is 2.49. The topological polar surface area (TPSA) is 62.1 Å². The van der Waals surface area contributed by atoms with Gasteiger partial charge in [-0.15, -0.1) is 0 Å². The molecule has 0 aliphatic carbocycles. The van der Waals surface area contributed by atoms with Gasteiger partial charge in [0.1, 0.15) is 11.2 Å². The molecule has 21 heavy (non-hydrogen) atoms. The molecule has 1 aromatic rings. The Balaban J connectivity index is 2.83. The fraction of sp³-hybridized carbons (Fsp3) is 0.529. The first-order chi connectivity index (χ1) is 10.1. The monoisotopic (exact) mass is 288 g/mol. The van der Waals surface area contributed by atoms with E-state index in [0.29, 0.717) is 25.1 Å². The number of carbonyl (C=O) groups excluding carboxylic acids is 1. The quantitative estimate of drug-likeness (QED) is 0.782. The number of hydrogen-bond donors (Lipinski definition) is 1. The van der Waals surface area contributed by atoms with Crippen molar-refractivity contribution in [2.45, 2.75) is 46.5 Å². The molecule has 1 rings (SSSR count). The number of benzene rings is 1. The number of nitrogens with zero attached hydrogens (tertiary/aromatic N) is 1. The van der Waals surface area contributed by atoms with E-state index < -0.39 is 5.41 Å². The molecule has 0 saturated heterocycles. The Kier molecular flexibility index (Phi) is 6.74. The van der Waals surface area contributed by atoms with Gasteiger partial charge in [-0.2, -0.15) is 5.26 Å². The van der Waals surface area contributed by atoms with Crippen LogP contribution in [0.5, 0.6) is 5.75 Å². The minimum absolute atomic E-state index is 0.210. The van der Waals surface area contributed by atoms with E-state index in [-0.39, 0.29) is 5.91 Å². The zero-order chi connectivity index (χ0) is 15.7. The highest BCUT2D eigenvalue weighted by atomic mass is 16.5. The van der Waals surface area contributed by atoms with E-state index in [1.807, 2.05) is 32.9 Å². The van der Waals surface area contributed by atoms with Crippen molar-refractivity contribution < 1.29 is 9.53 Å². The fourth-order valence-corrected chi connectivity index (χ4v) is 2.42. The second-order valence-corrected chi connectivity index (χ2v) is 5.11. The Morgan fingerprint density at radius 1 is 1.19 bits per heavy atom. The van der Waals surface area contributed by atoms with Crippen LogP contribution < -0.4 is 10.1 Å². The van der Waals surface area contributed by atoms with E-state index in [9.17, 15) is 10.1 Å². The van der Waals surface area contributed by atoms with Gasteiger partial charge in [0.2, 0.25) is 5.91 Å². The largest absolute Gasteiger partial charge is 0.494 e. The first-order valence-electron chi connectivity index (χ1n) is 7.57. The summed E-state index contributed by atoms with van der Waals surface area (Å²) in [4.78, 5) is 12.5. The molecule has 0 aliphatic rings. The van der Waals surface area contributed by atoms with Crippen LogP contribution in [0.4, 0.5) is 5.69 Å². The summed E-state index contributed by atoms with van der Waals surface area (Å²) >= 11 is 0. The summed E-state index contributed by atoms with van der Waals surface area (Å²) in [5.41, 5.74) is -0.238. The second-order valence-electron chi connectivity index (χ2n) is 5.11. The van der Waals surface area contributed by atoms with Crippen molar-refractivity contribution >= 4 is 11.6 Å². The summed E-state index contributed by atoms with van der Waals surface area (Å²) in [6, 6.07) is 9.45. The third-order valence-electron chi connectivity index (χ3n) is 3.43. The van der Waals surface area contributed by atoms with Crippen LogP contribution in [-0.2, 0) is 4.79 Å². The van der Waals surface area contributed by atoms with Crippen LogP contribution in [0.1, 0.15) is 46.5 Å². The molecule has 0 aromatic heterocycles. The molecule has 1 N–H and O–H groups in total. The summed E-state index contributed by atoms with van der Waals surface area (Å²) in [6.07, 6.45) is 2.79. The molecular formula is C17H24N2O2. The molecule has 0 fully saturated rings. The summed E-state index contributed by atoms with van der Waals surface area (Å²) in [7, 11) is 0. The van der Waals surface area contributed by atoms with Crippen molar-refractivity contribution in [1.29, 1.82) is 5.26 Å². The fourth-order valence-electron chi connectivity index (χ4n) is 2.42. The molecule has 1 aromatic carbocycles. The Morgan fingerprint density at radius 2 is 1.76 bits per heavy atom. The minimum Gasteiger partial charge on any atom is -0.494 e. The lowest BCUT2D eigenvalue weighted by atomic mass is 9.79. The number of nitriles is 1. The molecule has 0 aliphatic heterocycles. The van der Waals surface area contributed by atoms with Crippen LogP contribution in [0.25, 0.3) is 0 Å². The summed E-state index contributed by atoms with van der Waals surface area (Å²) in [5.74, 6) is 0.557. The van der Waals surface area contributed by atoms with Crippen molar-refractivity contribution in [3.05, 3.63) is 24.3 Å². The number of carbonyl (C=O) groups is 1. The second kappa shape index (κ2) is 8.31. The maximum Gasteiger partial charge on any atom is 0.244 e. The smallest absolute Gasteiger partial charge is 0.244 e. The van der Waals surface area contributed by atoms with Gasteiger partial charge in [-0.1, -0.05) is 26.7 Å². The van der Waals surface area contributed by atoms with Crippen LogP contribution in [0, 0.1) is 16.7 Å². The van der Waals surface area contributed by atoms with Crippen molar-refractivity contribution in [1.82, 2.24) is 0 Å². The van der Waals surface area contributed by atoms with Crippen molar-refractivity contribution in [3.8, 4) is 11.8 Å². The zero-order valence-corrected chi connectivity index (χ0v) is 13.1. The lowest BCUT2D eigenvalue weighted by molar-refractivity contribution is -0.123. The normalized spacial score (nSPS) is 10.8. The average molecular weight is 288 g/mol. The first-order valence-corrected chi connectivity index (χ1v) is 7.57. The standard InChI is InChI=1S/C17H24N2O2/c1-4-11-17(13-18,12-5-2)16(20)19-14-7-9-15(10-8-14)21-6-3/h7-10H,4-6,11-12H2,1-3H3,(H,19,20). The molecule has 0 bridgehead atoms. The molecule has 4 nitrogen and oxygen atoms in total. The molecule has 4 heteroatoms. The Bertz CT molecular complexity index is 483. The SMILES string of the molecule is CCCC(C#N)(CCC)C(=O)Nc1ccc(OCC)cc1. The summed E-state index contributed by atoms with van der Waals surface area (Å²) < 4.78 is 5.37. The van der Waals surface area contributed by atoms with Gasteiger partial charge >= 0.3 is 0 Å². The highest BCUT2D eigenvalue weighted by Gasteiger charge is 2.36. The zero-order valence-electron chi connectivity index (χ0n) is 13.1. The number of hydrogen-bond acceptors (Lipinski definition) is 3. The molecule has 0 atom stereocenters. The lowest BCUT2D eigenvalue weighted by Crippen LogP contribution is -2.35. The van der Waals surface area contributed by atoms with Gasteiger partial charge in [0.05, 0.1) is 12.7 Å². The van der Waals surface area contributed by atoms with Crippen LogP contribution in [0.2, 0.25) is 0 Å². The van der Waals surface area contributed by atoms with E-state index in [1.165, 1.54) is 0 Å². The molecule has 0 spiro atoms. The molecule has 0 heterocycles. The van der Waals surface area contributed by atoms with Gasteiger partial charge < -0.3 is 10.1 Å². The number of rotatable bonds is 8. The molecule has 1 amide bonds. The van der Waals surface area contributed by atoms with E-state index in [1.54, 1.807) is 12.1 Å². The van der Waals surface area contributed by atoms with Gasteiger partial charge in [0, 0.05) is 5.69 Å². The number of ether oxygens (including phenoxy) is 1. The van der Waals surface area contributed by atoms with E-state index in [2.05, 4.69) is 11.4 Å². The van der Waals surface area contributed by atoms with E-state index in [4.69, 9.17) is 4.74 Å². The van der Waals surface area contributed by atoms with E-state index >= 15 is 0 Å². The third-order valence-corrected chi connectivity index (χ3v) is 3.43. The maximum absolute atomic E-state index is 12.5. The van der Waals surface area contributed by atoms with Gasteiger partial charge in [0.25, 0.3) is 0 Å². The third kappa shape index (κ3) is 4.49. The van der Waals surface area contributed by atoms with Crippen LogP contribution >= 0.6 is 0 Å². The molecule has 0 saturated carbocycles.